The summed E-state index contributed by atoms with van der Waals surface area (Å²) in [6.07, 6.45) is 2.83. The molecule has 1 aromatic rings. The highest BCUT2D eigenvalue weighted by Crippen LogP contribution is 2.25. The van der Waals surface area contributed by atoms with Crippen molar-refractivity contribution < 1.29 is 4.74 Å². The highest BCUT2D eigenvalue weighted by molar-refractivity contribution is 14.0. The summed E-state index contributed by atoms with van der Waals surface area (Å²) in [5, 5.41) is 7.65. The minimum Gasteiger partial charge on any atom is -0.379 e. The number of rotatable bonds is 6. The second-order valence-electron chi connectivity index (χ2n) is 7.10. The highest BCUT2D eigenvalue weighted by atomic mass is 127. The first-order chi connectivity index (χ1) is 13.2. The molecule has 0 aliphatic carbocycles. The molecule has 2 saturated heterocycles. The Morgan fingerprint density at radius 2 is 2.18 bits per heavy atom. The number of aliphatic imine (C=N–C) groups is 1. The van der Waals surface area contributed by atoms with Gasteiger partial charge in [0.2, 0.25) is 0 Å². The zero-order chi connectivity index (χ0) is 19.1. The monoisotopic (exact) mass is 522 g/mol. The number of morpholine rings is 1. The summed E-state index contributed by atoms with van der Waals surface area (Å²) >= 11 is 6.29. The lowest BCUT2D eigenvalue weighted by Crippen LogP contribution is -2.46. The van der Waals surface area contributed by atoms with Crippen LogP contribution in [0.15, 0.2) is 23.3 Å². The van der Waals surface area contributed by atoms with Gasteiger partial charge in [0, 0.05) is 51.0 Å². The van der Waals surface area contributed by atoms with Gasteiger partial charge in [0.05, 0.1) is 24.8 Å². The molecule has 2 atom stereocenters. The zero-order valence-corrected chi connectivity index (χ0v) is 19.8. The fraction of sp³-hybridized carbons (Fsp3) is 0.684. The Bertz CT molecular complexity index is 628. The van der Waals surface area contributed by atoms with Crippen LogP contribution in [0.3, 0.4) is 0 Å². The van der Waals surface area contributed by atoms with E-state index in [1.54, 1.807) is 6.20 Å². The predicted molar refractivity (Wildman–Crippen MR) is 126 cm³/mol. The van der Waals surface area contributed by atoms with E-state index in [2.05, 4.69) is 39.3 Å². The lowest BCUT2D eigenvalue weighted by Gasteiger charge is -2.31. The third-order valence-corrected chi connectivity index (χ3v) is 5.39. The van der Waals surface area contributed by atoms with E-state index in [0.717, 1.165) is 70.7 Å². The molecule has 0 spiro atoms. The molecule has 2 N–H and O–H groups in total. The molecular weight excluding hydrogens is 491 g/mol. The normalized spacial score (nSPS) is 21.9. The van der Waals surface area contributed by atoms with Crippen LogP contribution in [0.25, 0.3) is 0 Å². The Morgan fingerprint density at radius 1 is 1.39 bits per heavy atom. The van der Waals surface area contributed by atoms with Crippen molar-refractivity contribution in [3.8, 4) is 0 Å². The third kappa shape index (κ3) is 6.60. The predicted octanol–water partition coefficient (Wildman–Crippen LogP) is 2.21. The summed E-state index contributed by atoms with van der Waals surface area (Å²) in [5.74, 6) is 1.75. The number of anilines is 1. The van der Waals surface area contributed by atoms with Gasteiger partial charge in [-0.1, -0.05) is 11.6 Å². The van der Waals surface area contributed by atoms with Crippen LogP contribution < -0.4 is 15.5 Å². The first kappa shape index (κ1) is 23.4. The average molecular weight is 523 g/mol. The number of hydrogen-bond donors (Lipinski definition) is 2. The summed E-state index contributed by atoms with van der Waals surface area (Å²) in [6.45, 7) is 11.4. The van der Waals surface area contributed by atoms with Gasteiger partial charge in [-0.05, 0) is 32.4 Å². The molecular formula is C19H32ClIN6O. The smallest absolute Gasteiger partial charge is 0.191 e. The van der Waals surface area contributed by atoms with Crippen LogP contribution in [0.2, 0.25) is 5.02 Å². The molecule has 0 bridgehead atoms. The van der Waals surface area contributed by atoms with Crippen molar-refractivity contribution in [3.05, 3.63) is 23.4 Å². The Kier molecular flexibility index (Phi) is 10.0. The van der Waals surface area contributed by atoms with Gasteiger partial charge in [-0.2, -0.15) is 0 Å². The van der Waals surface area contributed by atoms with Gasteiger partial charge in [0.15, 0.2) is 5.96 Å². The number of nitrogens with one attached hydrogen (secondary N) is 2. The van der Waals surface area contributed by atoms with Crippen molar-refractivity contribution in [2.24, 2.45) is 4.99 Å². The van der Waals surface area contributed by atoms with E-state index >= 15 is 0 Å². The van der Waals surface area contributed by atoms with Crippen molar-refractivity contribution in [2.75, 3.05) is 57.4 Å². The van der Waals surface area contributed by atoms with Crippen LogP contribution in [0.4, 0.5) is 5.82 Å². The SMILES string of the molecule is CCNC(=NCC(C)N1CCOCC1)NC1CCN(c2ncccc2Cl)C1.I. The number of hydrogen-bond acceptors (Lipinski definition) is 5. The van der Waals surface area contributed by atoms with E-state index in [-0.39, 0.29) is 24.0 Å². The minimum atomic E-state index is 0. The molecule has 1 aromatic heterocycles. The fourth-order valence-electron chi connectivity index (χ4n) is 3.55. The molecule has 7 nitrogen and oxygen atoms in total. The first-order valence-corrected chi connectivity index (χ1v) is 10.3. The molecule has 0 aromatic carbocycles. The van der Waals surface area contributed by atoms with Crippen molar-refractivity contribution in [1.29, 1.82) is 0 Å². The van der Waals surface area contributed by atoms with Crippen molar-refractivity contribution in [1.82, 2.24) is 20.5 Å². The van der Waals surface area contributed by atoms with Gasteiger partial charge in [-0.3, -0.25) is 9.89 Å². The molecule has 3 heterocycles. The average Bonchev–Trinajstić information content (AvgIpc) is 3.15. The molecule has 2 aliphatic rings. The summed E-state index contributed by atoms with van der Waals surface area (Å²) in [4.78, 5) is 13.9. The highest BCUT2D eigenvalue weighted by Gasteiger charge is 2.25. The minimum absolute atomic E-state index is 0. The molecule has 28 heavy (non-hydrogen) atoms. The van der Waals surface area contributed by atoms with E-state index in [0.29, 0.717) is 17.1 Å². The standard InChI is InChI=1S/C19H31ClN6O.HI/c1-3-21-19(23-13-15(2)25-9-11-27-12-10-25)24-16-6-8-26(14-16)18-17(20)5-4-7-22-18;/h4-5,7,15-16H,3,6,8-14H2,1-2H3,(H2,21,23,24);1H. The van der Waals surface area contributed by atoms with E-state index in [4.69, 9.17) is 21.3 Å². The number of nitrogens with zero attached hydrogens (tertiary/aromatic N) is 4. The molecule has 0 saturated carbocycles. The fourth-order valence-corrected chi connectivity index (χ4v) is 3.79. The number of halogens is 2. The lowest BCUT2D eigenvalue weighted by atomic mass is 10.2. The van der Waals surface area contributed by atoms with Crippen LogP contribution in [0, 0.1) is 0 Å². The molecule has 9 heteroatoms. The largest absolute Gasteiger partial charge is 0.379 e. The second-order valence-corrected chi connectivity index (χ2v) is 7.51. The quantitative estimate of drug-likeness (QED) is 0.339. The van der Waals surface area contributed by atoms with Crippen LogP contribution >= 0.6 is 35.6 Å². The Balaban J connectivity index is 0.00000280. The van der Waals surface area contributed by atoms with Crippen molar-refractivity contribution in [3.63, 3.8) is 0 Å². The Hall–Kier alpha value is -0.840. The van der Waals surface area contributed by atoms with Crippen LogP contribution in [-0.2, 0) is 4.74 Å². The summed E-state index contributed by atoms with van der Waals surface area (Å²) in [7, 11) is 0. The van der Waals surface area contributed by atoms with Gasteiger partial charge >= 0.3 is 0 Å². The van der Waals surface area contributed by atoms with E-state index in [1.807, 2.05) is 12.1 Å². The Labute approximate surface area is 190 Å². The van der Waals surface area contributed by atoms with E-state index < -0.39 is 0 Å². The Morgan fingerprint density at radius 3 is 2.89 bits per heavy atom. The number of ether oxygens (including phenoxy) is 1. The van der Waals surface area contributed by atoms with Gasteiger partial charge in [-0.15, -0.1) is 24.0 Å². The number of aromatic nitrogens is 1. The number of pyridine rings is 1. The molecule has 0 amide bonds. The van der Waals surface area contributed by atoms with Gasteiger partial charge in [0.25, 0.3) is 0 Å². The maximum Gasteiger partial charge on any atom is 0.191 e. The summed E-state index contributed by atoms with van der Waals surface area (Å²) in [6, 6.07) is 4.50. The van der Waals surface area contributed by atoms with Crippen molar-refractivity contribution in [2.45, 2.75) is 32.4 Å². The maximum absolute atomic E-state index is 6.29. The summed E-state index contributed by atoms with van der Waals surface area (Å²) in [5.41, 5.74) is 0. The molecule has 158 valence electrons. The molecule has 0 radical (unpaired) electrons. The van der Waals surface area contributed by atoms with Gasteiger partial charge in [0.1, 0.15) is 5.82 Å². The molecule has 2 aliphatic heterocycles. The van der Waals surface area contributed by atoms with Gasteiger partial charge < -0.3 is 20.3 Å². The third-order valence-electron chi connectivity index (χ3n) is 5.09. The van der Waals surface area contributed by atoms with Gasteiger partial charge in [-0.25, -0.2) is 4.98 Å². The molecule has 2 unspecified atom stereocenters. The lowest BCUT2D eigenvalue weighted by molar-refractivity contribution is 0.0220. The van der Waals surface area contributed by atoms with E-state index in [1.165, 1.54) is 0 Å². The first-order valence-electron chi connectivity index (χ1n) is 9.89. The second kappa shape index (κ2) is 12.0. The molecule has 3 rings (SSSR count). The zero-order valence-electron chi connectivity index (χ0n) is 16.7. The van der Waals surface area contributed by atoms with E-state index in [9.17, 15) is 0 Å². The summed E-state index contributed by atoms with van der Waals surface area (Å²) < 4.78 is 5.44. The van der Waals surface area contributed by atoms with Crippen LogP contribution in [-0.4, -0.2) is 80.4 Å². The van der Waals surface area contributed by atoms with Crippen LogP contribution in [0.5, 0.6) is 0 Å². The van der Waals surface area contributed by atoms with Crippen LogP contribution in [0.1, 0.15) is 20.3 Å². The van der Waals surface area contributed by atoms with Crippen molar-refractivity contribution >= 4 is 47.4 Å². The number of guanidine groups is 1. The maximum atomic E-state index is 6.29. The molecule has 2 fully saturated rings. The topological polar surface area (TPSA) is 65.0 Å².